The Bertz CT molecular complexity index is 640. The number of carbonyl (C=O) groups is 1. The van der Waals surface area contributed by atoms with E-state index in [-0.39, 0.29) is 23.4 Å². The fourth-order valence-electron chi connectivity index (χ4n) is 2.96. The molecule has 0 aromatic heterocycles. The van der Waals surface area contributed by atoms with Crippen LogP contribution in [-0.4, -0.2) is 38.3 Å². The van der Waals surface area contributed by atoms with Crippen molar-refractivity contribution in [3.63, 3.8) is 0 Å². The molecular formula is C17H26N2O3S. The zero-order chi connectivity index (χ0) is 17.0. The van der Waals surface area contributed by atoms with Gasteiger partial charge in [0, 0.05) is 13.1 Å². The molecule has 1 N–H and O–H groups in total. The van der Waals surface area contributed by atoms with Gasteiger partial charge in [-0.15, -0.1) is 0 Å². The number of carbonyl (C=O) groups excluding carboxylic acids is 1. The molecule has 0 spiro atoms. The largest absolute Gasteiger partial charge is 0.352 e. The summed E-state index contributed by atoms with van der Waals surface area (Å²) in [6.45, 7) is 3.88. The maximum absolute atomic E-state index is 12.5. The van der Waals surface area contributed by atoms with Crippen LogP contribution in [0.25, 0.3) is 0 Å². The number of rotatable bonds is 5. The summed E-state index contributed by atoms with van der Waals surface area (Å²) in [7, 11) is -2.19. The Labute approximate surface area is 139 Å². The summed E-state index contributed by atoms with van der Waals surface area (Å²) >= 11 is 0. The number of benzene rings is 1. The van der Waals surface area contributed by atoms with E-state index in [0.29, 0.717) is 5.92 Å². The minimum atomic E-state index is -3.63. The lowest BCUT2D eigenvalue weighted by atomic mass is 9.86. The van der Waals surface area contributed by atoms with E-state index in [9.17, 15) is 13.2 Å². The lowest BCUT2D eigenvalue weighted by Crippen LogP contribution is -2.46. The Hall–Kier alpha value is -1.40. The highest BCUT2D eigenvalue weighted by molar-refractivity contribution is 7.89. The van der Waals surface area contributed by atoms with Gasteiger partial charge in [-0.05, 0) is 37.8 Å². The molecule has 0 radical (unpaired) electrons. The first kappa shape index (κ1) is 17.9. The van der Waals surface area contributed by atoms with E-state index in [0.717, 1.165) is 29.1 Å². The van der Waals surface area contributed by atoms with Crippen molar-refractivity contribution >= 4 is 15.9 Å². The molecule has 1 aliphatic carbocycles. The predicted molar refractivity (Wildman–Crippen MR) is 90.6 cm³/mol. The summed E-state index contributed by atoms with van der Waals surface area (Å²) in [6.07, 6.45) is 4.41. The zero-order valence-electron chi connectivity index (χ0n) is 14.1. The van der Waals surface area contributed by atoms with Crippen LogP contribution >= 0.6 is 0 Å². The molecule has 1 saturated carbocycles. The summed E-state index contributed by atoms with van der Waals surface area (Å²) in [5.41, 5.74) is 0.996. The predicted octanol–water partition coefficient (Wildman–Crippen LogP) is 2.31. The summed E-state index contributed by atoms with van der Waals surface area (Å²) < 4.78 is 26.1. The van der Waals surface area contributed by atoms with Crippen molar-refractivity contribution in [2.45, 2.75) is 50.5 Å². The van der Waals surface area contributed by atoms with E-state index in [1.165, 1.54) is 13.5 Å². The molecule has 1 fully saturated rings. The summed E-state index contributed by atoms with van der Waals surface area (Å²) in [4.78, 5) is 12.4. The molecule has 6 heteroatoms. The maximum Gasteiger partial charge on any atom is 0.243 e. The van der Waals surface area contributed by atoms with Crippen molar-refractivity contribution in [3.8, 4) is 0 Å². The number of nitrogens with zero attached hydrogens (tertiary/aromatic N) is 1. The second-order valence-corrected chi connectivity index (χ2v) is 8.55. The zero-order valence-corrected chi connectivity index (χ0v) is 14.9. The van der Waals surface area contributed by atoms with Gasteiger partial charge < -0.3 is 5.32 Å². The molecule has 0 saturated heterocycles. The van der Waals surface area contributed by atoms with Gasteiger partial charge in [-0.2, -0.15) is 4.31 Å². The number of amides is 1. The van der Waals surface area contributed by atoms with Gasteiger partial charge in [0.1, 0.15) is 0 Å². The molecule has 128 valence electrons. The van der Waals surface area contributed by atoms with Crippen LogP contribution in [-0.2, 0) is 14.8 Å². The van der Waals surface area contributed by atoms with Crippen LogP contribution in [0.2, 0.25) is 0 Å². The summed E-state index contributed by atoms with van der Waals surface area (Å²) in [6, 6.07) is 6.81. The van der Waals surface area contributed by atoms with E-state index in [2.05, 4.69) is 12.2 Å². The minimum Gasteiger partial charge on any atom is -0.352 e. The molecule has 0 unspecified atom stereocenters. The lowest BCUT2D eigenvalue weighted by molar-refractivity contribution is -0.122. The van der Waals surface area contributed by atoms with Crippen LogP contribution in [0.15, 0.2) is 29.2 Å². The Morgan fingerprint density at radius 3 is 2.43 bits per heavy atom. The molecular weight excluding hydrogens is 312 g/mol. The van der Waals surface area contributed by atoms with Crippen LogP contribution in [0.1, 0.15) is 38.2 Å². The van der Waals surface area contributed by atoms with E-state index in [1.807, 2.05) is 6.92 Å². The number of hydrogen-bond acceptors (Lipinski definition) is 3. The first-order valence-corrected chi connectivity index (χ1v) is 9.57. The topological polar surface area (TPSA) is 66.5 Å². The molecule has 0 aliphatic heterocycles. The van der Waals surface area contributed by atoms with Crippen LogP contribution in [0, 0.1) is 12.8 Å². The summed E-state index contributed by atoms with van der Waals surface area (Å²) in [5, 5.41) is 2.99. The Morgan fingerprint density at radius 1 is 1.22 bits per heavy atom. The molecule has 5 nitrogen and oxygen atoms in total. The third-order valence-corrected chi connectivity index (χ3v) is 6.37. The molecule has 2 rings (SSSR count). The number of hydrogen-bond donors (Lipinski definition) is 1. The fourth-order valence-corrected chi connectivity index (χ4v) is 4.09. The first-order valence-electron chi connectivity index (χ1n) is 8.13. The molecule has 23 heavy (non-hydrogen) atoms. The number of likely N-dealkylation sites (N-methyl/N-ethyl adjacent to an activating group) is 1. The van der Waals surface area contributed by atoms with Crippen molar-refractivity contribution in [2.24, 2.45) is 5.92 Å². The monoisotopic (exact) mass is 338 g/mol. The first-order chi connectivity index (χ1) is 10.8. The van der Waals surface area contributed by atoms with Crippen molar-refractivity contribution < 1.29 is 13.2 Å². The molecule has 2 atom stereocenters. The van der Waals surface area contributed by atoms with Crippen molar-refractivity contribution in [2.75, 3.05) is 13.6 Å². The van der Waals surface area contributed by atoms with Crippen molar-refractivity contribution in [1.82, 2.24) is 9.62 Å². The van der Waals surface area contributed by atoms with Crippen LogP contribution in [0.5, 0.6) is 0 Å². The quantitative estimate of drug-likeness (QED) is 0.896. The highest BCUT2D eigenvalue weighted by atomic mass is 32.2. The van der Waals surface area contributed by atoms with Crippen LogP contribution < -0.4 is 5.32 Å². The van der Waals surface area contributed by atoms with Gasteiger partial charge in [0.25, 0.3) is 0 Å². The molecule has 1 aliphatic rings. The number of aryl methyl sites for hydroxylation is 1. The molecule has 0 heterocycles. The van der Waals surface area contributed by atoms with Gasteiger partial charge in [0.15, 0.2) is 0 Å². The van der Waals surface area contributed by atoms with Gasteiger partial charge >= 0.3 is 0 Å². The third-order valence-electron chi connectivity index (χ3n) is 4.55. The molecule has 1 aromatic rings. The van der Waals surface area contributed by atoms with E-state index < -0.39 is 10.0 Å². The Kier molecular flexibility index (Phi) is 5.81. The lowest BCUT2D eigenvalue weighted by Gasteiger charge is -2.30. The van der Waals surface area contributed by atoms with Gasteiger partial charge in [-0.25, -0.2) is 8.42 Å². The smallest absolute Gasteiger partial charge is 0.243 e. The van der Waals surface area contributed by atoms with Crippen LogP contribution in [0.3, 0.4) is 0 Å². The summed E-state index contributed by atoms with van der Waals surface area (Å²) in [5.74, 6) is 0.216. The van der Waals surface area contributed by atoms with Crippen molar-refractivity contribution in [3.05, 3.63) is 29.8 Å². The van der Waals surface area contributed by atoms with Gasteiger partial charge in [0.05, 0.1) is 11.4 Å². The molecule has 0 bridgehead atoms. The Morgan fingerprint density at radius 2 is 1.83 bits per heavy atom. The SMILES string of the molecule is Cc1ccc(S(=O)(=O)N(C)CC(=O)N[C@H]2CCCC[C@@H]2C)cc1. The molecule has 1 aromatic carbocycles. The van der Waals surface area contributed by atoms with Gasteiger partial charge in [-0.1, -0.05) is 37.5 Å². The maximum atomic E-state index is 12.5. The van der Waals surface area contributed by atoms with E-state index >= 15 is 0 Å². The van der Waals surface area contributed by atoms with E-state index in [1.54, 1.807) is 24.3 Å². The number of nitrogens with one attached hydrogen (secondary N) is 1. The van der Waals surface area contributed by atoms with Gasteiger partial charge in [0.2, 0.25) is 15.9 Å². The second-order valence-electron chi connectivity index (χ2n) is 6.51. The minimum absolute atomic E-state index is 0.153. The third kappa shape index (κ3) is 4.54. The second kappa shape index (κ2) is 7.45. The average Bonchev–Trinajstić information content (AvgIpc) is 2.50. The number of sulfonamides is 1. The highest BCUT2D eigenvalue weighted by Gasteiger charge is 2.26. The van der Waals surface area contributed by atoms with Crippen LogP contribution in [0.4, 0.5) is 0 Å². The average molecular weight is 338 g/mol. The van der Waals surface area contributed by atoms with Gasteiger partial charge in [-0.3, -0.25) is 4.79 Å². The fraction of sp³-hybridized carbons (Fsp3) is 0.588. The highest BCUT2D eigenvalue weighted by Crippen LogP contribution is 2.23. The van der Waals surface area contributed by atoms with Crippen molar-refractivity contribution in [1.29, 1.82) is 0 Å². The normalized spacial score (nSPS) is 22.1. The standard InChI is InChI=1S/C17H26N2O3S/c1-13-8-10-15(11-9-13)23(21,22)19(3)12-17(20)18-16-7-5-4-6-14(16)2/h8-11,14,16H,4-7,12H2,1-3H3,(H,18,20)/t14-,16-/m0/s1. The Balaban J connectivity index is 1.98. The van der Waals surface area contributed by atoms with E-state index in [4.69, 9.17) is 0 Å². The molecule has 1 amide bonds.